The van der Waals surface area contributed by atoms with Crippen LogP contribution in [0.5, 0.6) is 5.75 Å². The molecule has 0 saturated carbocycles. The van der Waals surface area contributed by atoms with Crippen molar-refractivity contribution in [1.82, 2.24) is 24.6 Å². The molecule has 48 heavy (non-hydrogen) atoms. The summed E-state index contributed by atoms with van der Waals surface area (Å²) in [5, 5.41) is 11.9. The lowest BCUT2D eigenvalue weighted by atomic mass is 9.89. The van der Waals surface area contributed by atoms with Gasteiger partial charge in [-0.25, -0.2) is 9.67 Å². The zero-order chi connectivity index (χ0) is 33.8. The van der Waals surface area contributed by atoms with Gasteiger partial charge in [0, 0.05) is 34.0 Å². The molecule has 2 N–H and O–H groups in total. The van der Waals surface area contributed by atoms with Crippen molar-refractivity contribution < 1.29 is 19.1 Å². The molecule has 0 aliphatic carbocycles. The molecule has 1 aliphatic heterocycles. The lowest BCUT2D eigenvalue weighted by molar-refractivity contribution is -0.146. The molecule has 6 rings (SSSR count). The second-order valence-electron chi connectivity index (χ2n) is 13.7. The van der Waals surface area contributed by atoms with Crippen LogP contribution >= 0.6 is 11.3 Å². The lowest BCUT2D eigenvalue weighted by Crippen LogP contribution is -2.46. The van der Waals surface area contributed by atoms with Gasteiger partial charge in [0.15, 0.2) is 5.82 Å². The molecule has 4 heterocycles. The van der Waals surface area contributed by atoms with Gasteiger partial charge in [-0.3, -0.25) is 14.6 Å². The van der Waals surface area contributed by atoms with Gasteiger partial charge < -0.3 is 25.0 Å². The highest BCUT2D eigenvalue weighted by molar-refractivity contribution is 7.16. The Bertz CT molecular complexity index is 1900. The SMILES string of the molecule is COc1ccc(CNc2nn(COCC[Si](C)(C)C)c3c(NC(=O)C(=O)N4C[C@@H](C)CC[C@@H]4c4ccc5scnc5c4)cncc23)cc1. The van der Waals surface area contributed by atoms with Gasteiger partial charge in [0.2, 0.25) is 0 Å². The van der Waals surface area contributed by atoms with Crippen LogP contribution in [-0.2, 0) is 27.6 Å². The number of aromatic nitrogens is 4. The number of nitrogens with zero attached hydrogens (tertiary/aromatic N) is 5. The first kappa shape index (κ1) is 33.6. The number of hydrogen-bond donors (Lipinski definition) is 2. The zero-order valence-electron chi connectivity index (χ0n) is 28.2. The topological polar surface area (TPSA) is 123 Å². The van der Waals surface area contributed by atoms with Crippen molar-refractivity contribution in [3.05, 3.63) is 71.5 Å². The maximum Gasteiger partial charge on any atom is 0.314 e. The molecule has 252 valence electrons. The van der Waals surface area contributed by atoms with Gasteiger partial charge >= 0.3 is 11.8 Å². The standard InChI is InChI=1S/C35H43N7O4SSi/c1-23-6-12-30(25-9-13-31-28(16-25)38-21-47-31)41(20-23)35(44)34(43)39-29-19-36-18-27-32(29)42(22-46-14-15-48(3,4)5)40-33(27)37-17-24-7-10-26(45-2)11-8-24/h7-11,13,16,18-19,21,23,30H,6,12,14-15,17,20,22H2,1-5H3,(H,37,40)(H,39,43)/t23-,30+/m0/s1. The molecule has 0 bridgehead atoms. The van der Waals surface area contributed by atoms with Crippen LogP contribution in [0.25, 0.3) is 21.1 Å². The third-order valence-electron chi connectivity index (χ3n) is 8.74. The Morgan fingerprint density at radius 3 is 2.67 bits per heavy atom. The minimum Gasteiger partial charge on any atom is -0.497 e. The summed E-state index contributed by atoms with van der Waals surface area (Å²) in [7, 11) is 0.346. The van der Waals surface area contributed by atoms with E-state index in [1.807, 2.05) is 48.0 Å². The maximum atomic E-state index is 13.9. The highest BCUT2D eigenvalue weighted by atomic mass is 32.1. The van der Waals surface area contributed by atoms with E-state index in [9.17, 15) is 9.59 Å². The molecule has 13 heteroatoms. The molecule has 1 fully saturated rings. The third kappa shape index (κ3) is 7.69. The van der Waals surface area contributed by atoms with Crippen molar-refractivity contribution in [1.29, 1.82) is 0 Å². The van der Waals surface area contributed by atoms with Gasteiger partial charge in [0.25, 0.3) is 0 Å². The monoisotopic (exact) mass is 685 g/mol. The number of nitrogens with one attached hydrogen (secondary N) is 2. The van der Waals surface area contributed by atoms with Crippen molar-refractivity contribution in [3.8, 4) is 5.75 Å². The van der Waals surface area contributed by atoms with Crippen LogP contribution in [-0.4, -0.2) is 64.8 Å². The summed E-state index contributed by atoms with van der Waals surface area (Å²) in [6.07, 6.45) is 5.02. The molecule has 0 spiro atoms. The van der Waals surface area contributed by atoms with Crippen molar-refractivity contribution in [3.63, 3.8) is 0 Å². The fraction of sp³-hybridized carbons (Fsp3) is 0.400. The largest absolute Gasteiger partial charge is 0.497 e. The minimum absolute atomic E-state index is 0.191. The smallest absolute Gasteiger partial charge is 0.314 e. The summed E-state index contributed by atoms with van der Waals surface area (Å²) in [5.41, 5.74) is 5.80. The lowest BCUT2D eigenvalue weighted by Gasteiger charge is -2.38. The molecule has 2 atom stereocenters. The number of fused-ring (bicyclic) bond motifs is 2. The molecule has 0 radical (unpaired) electrons. The van der Waals surface area contributed by atoms with Crippen LogP contribution in [0.1, 0.15) is 36.9 Å². The number of anilines is 2. The van der Waals surface area contributed by atoms with E-state index >= 15 is 0 Å². The maximum absolute atomic E-state index is 13.9. The summed E-state index contributed by atoms with van der Waals surface area (Å²) in [5.74, 6) is 0.386. The van der Waals surface area contributed by atoms with Crippen LogP contribution in [0.4, 0.5) is 11.5 Å². The van der Waals surface area contributed by atoms with E-state index in [2.05, 4.69) is 47.2 Å². The summed E-state index contributed by atoms with van der Waals surface area (Å²) >= 11 is 1.58. The van der Waals surface area contributed by atoms with Gasteiger partial charge in [-0.1, -0.05) is 44.8 Å². The number of methoxy groups -OCH3 is 1. The fourth-order valence-corrected chi connectivity index (χ4v) is 7.43. The molecule has 1 saturated heterocycles. The minimum atomic E-state index is -1.30. The first-order valence-corrected chi connectivity index (χ1v) is 20.9. The summed E-state index contributed by atoms with van der Waals surface area (Å²) in [6, 6.07) is 14.7. The molecule has 3 aromatic heterocycles. The number of pyridine rings is 1. The number of carbonyl (C=O) groups excluding carboxylic acids is 2. The van der Waals surface area contributed by atoms with Gasteiger partial charge in [-0.2, -0.15) is 5.10 Å². The van der Waals surface area contributed by atoms with E-state index in [1.54, 1.807) is 40.4 Å². The Kier molecular flexibility index (Phi) is 10.1. The zero-order valence-corrected chi connectivity index (χ0v) is 30.0. The number of rotatable bonds is 11. The number of thiazole rings is 1. The molecule has 11 nitrogen and oxygen atoms in total. The van der Waals surface area contributed by atoms with Crippen LogP contribution in [0, 0.1) is 5.92 Å². The number of benzene rings is 2. The summed E-state index contributed by atoms with van der Waals surface area (Å²) < 4.78 is 14.2. The predicted molar refractivity (Wildman–Crippen MR) is 193 cm³/mol. The predicted octanol–water partition coefficient (Wildman–Crippen LogP) is 6.91. The van der Waals surface area contributed by atoms with Gasteiger partial charge in [0.05, 0.1) is 51.7 Å². The number of likely N-dealkylation sites (tertiary alicyclic amines) is 1. The van der Waals surface area contributed by atoms with Crippen LogP contribution in [0.2, 0.25) is 25.7 Å². The molecule has 2 aromatic carbocycles. The number of amides is 2. The Balaban J connectivity index is 1.25. The van der Waals surface area contributed by atoms with Crippen LogP contribution in [0.15, 0.2) is 60.4 Å². The fourth-order valence-electron chi connectivity index (χ4n) is 6.02. The second-order valence-corrected chi connectivity index (χ2v) is 20.2. The third-order valence-corrected chi connectivity index (χ3v) is 11.3. The average molecular weight is 686 g/mol. The molecule has 5 aromatic rings. The molecule has 0 unspecified atom stereocenters. The van der Waals surface area contributed by atoms with Crippen molar-refractivity contribution in [2.24, 2.45) is 5.92 Å². The summed E-state index contributed by atoms with van der Waals surface area (Å²) in [4.78, 5) is 38.2. The Morgan fingerprint density at radius 1 is 1.08 bits per heavy atom. The molecular formula is C35H43N7O4SSi. The molecule has 1 aliphatic rings. The molecule has 2 amide bonds. The van der Waals surface area contributed by atoms with Gasteiger partial charge in [0.1, 0.15) is 12.5 Å². The van der Waals surface area contributed by atoms with E-state index in [1.165, 1.54) is 0 Å². The first-order valence-electron chi connectivity index (χ1n) is 16.3. The van der Waals surface area contributed by atoms with Crippen molar-refractivity contribution in [2.75, 3.05) is 30.9 Å². The average Bonchev–Trinajstić information content (AvgIpc) is 3.70. The van der Waals surface area contributed by atoms with Crippen molar-refractivity contribution in [2.45, 2.75) is 64.8 Å². The van der Waals surface area contributed by atoms with E-state index in [0.29, 0.717) is 42.1 Å². The number of carbonyl (C=O) groups is 2. The second kappa shape index (κ2) is 14.4. The number of piperidine rings is 1. The highest BCUT2D eigenvalue weighted by Gasteiger charge is 2.35. The Hall–Kier alpha value is -4.33. The van der Waals surface area contributed by atoms with Crippen LogP contribution in [0.3, 0.4) is 0 Å². The van der Waals surface area contributed by atoms with E-state index in [0.717, 1.165) is 46.0 Å². The van der Waals surface area contributed by atoms with Crippen LogP contribution < -0.4 is 15.4 Å². The van der Waals surface area contributed by atoms with E-state index in [4.69, 9.17) is 14.6 Å². The number of ether oxygens (including phenoxy) is 2. The number of hydrogen-bond acceptors (Lipinski definition) is 9. The van der Waals surface area contributed by atoms with Gasteiger partial charge in [-0.15, -0.1) is 11.3 Å². The normalized spacial score (nSPS) is 16.7. The Morgan fingerprint density at radius 2 is 1.90 bits per heavy atom. The Labute approximate surface area is 285 Å². The molecular weight excluding hydrogens is 643 g/mol. The highest BCUT2D eigenvalue weighted by Crippen LogP contribution is 2.36. The quantitative estimate of drug-likeness (QED) is 0.0874. The summed E-state index contributed by atoms with van der Waals surface area (Å²) in [6.45, 7) is 10.9. The van der Waals surface area contributed by atoms with E-state index in [-0.39, 0.29) is 18.7 Å². The van der Waals surface area contributed by atoms with Gasteiger partial charge in [-0.05, 0) is 60.2 Å². The van der Waals surface area contributed by atoms with E-state index < -0.39 is 19.9 Å². The van der Waals surface area contributed by atoms with Crippen molar-refractivity contribution >= 4 is 63.8 Å². The first-order chi connectivity index (χ1) is 23.1.